The lowest BCUT2D eigenvalue weighted by Gasteiger charge is -2.28. The van der Waals surface area contributed by atoms with Crippen LogP contribution in [0.25, 0.3) is 0 Å². The maximum Gasteiger partial charge on any atom is 0.126 e. The number of hydrogen-bond acceptors (Lipinski definition) is 3. The molecule has 1 aromatic heterocycles. The van der Waals surface area contributed by atoms with E-state index >= 15 is 0 Å². The van der Waals surface area contributed by atoms with Crippen molar-refractivity contribution in [1.29, 1.82) is 0 Å². The smallest absolute Gasteiger partial charge is 0.126 e. The van der Waals surface area contributed by atoms with Crippen LogP contribution in [0.3, 0.4) is 0 Å². The number of aryl methyl sites for hydroxylation is 3. The first-order valence-corrected chi connectivity index (χ1v) is 10.3. The van der Waals surface area contributed by atoms with Crippen molar-refractivity contribution < 1.29 is 4.39 Å². The number of halogens is 1. The number of pyridine rings is 1. The van der Waals surface area contributed by atoms with Crippen LogP contribution in [0, 0.1) is 19.7 Å². The Bertz CT molecular complexity index is 967. The largest absolute Gasteiger partial charge is 0.390 e. The molecule has 0 saturated heterocycles. The number of rotatable bonds is 9. The van der Waals surface area contributed by atoms with Crippen LogP contribution in [-0.4, -0.2) is 12.0 Å². The zero-order chi connectivity index (χ0) is 21.5. The van der Waals surface area contributed by atoms with E-state index in [2.05, 4.69) is 40.4 Å². The molecule has 0 aliphatic rings. The molecular weight excluding hydrogens is 373 g/mol. The van der Waals surface area contributed by atoms with Crippen LogP contribution in [0.1, 0.15) is 46.5 Å². The van der Waals surface area contributed by atoms with E-state index in [1.807, 2.05) is 56.6 Å². The molecule has 0 aliphatic carbocycles. The fourth-order valence-corrected chi connectivity index (χ4v) is 3.58. The molecule has 0 saturated carbocycles. The number of benzene rings is 2. The molecule has 30 heavy (non-hydrogen) atoms. The second-order valence-corrected chi connectivity index (χ2v) is 7.69. The highest BCUT2D eigenvalue weighted by molar-refractivity contribution is 5.30. The van der Waals surface area contributed by atoms with Gasteiger partial charge in [0.05, 0.1) is 6.04 Å². The minimum Gasteiger partial charge on any atom is -0.390 e. The first-order valence-electron chi connectivity index (χ1n) is 10.3. The molecule has 3 nitrogen and oxygen atoms in total. The lowest BCUT2D eigenvalue weighted by atomic mass is 9.95. The van der Waals surface area contributed by atoms with Gasteiger partial charge in [-0.1, -0.05) is 55.1 Å². The Morgan fingerprint density at radius 3 is 2.43 bits per heavy atom. The summed E-state index contributed by atoms with van der Waals surface area (Å²) >= 11 is 0. The summed E-state index contributed by atoms with van der Waals surface area (Å²) in [5.74, 6) is -0.181. The van der Waals surface area contributed by atoms with E-state index in [0.717, 1.165) is 35.4 Å². The van der Waals surface area contributed by atoms with E-state index in [1.54, 1.807) is 13.0 Å². The Hall–Kier alpha value is -2.98. The molecule has 2 aromatic carbocycles. The summed E-state index contributed by atoms with van der Waals surface area (Å²) in [6.07, 6.45) is 3.66. The predicted molar refractivity (Wildman–Crippen MR) is 122 cm³/mol. The maximum atomic E-state index is 13.9. The Morgan fingerprint density at radius 1 is 1.03 bits per heavy atom. The van der Waals surface area contributed by atoms with Crippen LogP contribution in [0.2, 0.25) is 0 Å². The van der Waals surface area contributed by atoms with E-state index in [4.69, 9.17) is 0 Å². The zero-order valence-electron chi connectivity index (χ0n) is 18.0. The minimum atomic E-state index is -0.181. The molecule has 4 heteroatoms. The van der Waals surface area contributed by atoms with Crippen LogP contribution < -0.4 is 10.6 Å². The van der Waals surface area contributed by atoms with Gasteiger partial charge in [-0.15, -0.1) is 0 Å². The van der Waals surface area contributed by atoms with Crippen molar-refractivity contribution >= 4 is 0 Å². The first-order chi connectivity index (χ1) is 14.5. The molecule has 1 heterocycles. The standard InChI is InChI=1S/C26H30FN3/c1-18-16-23(13-14-24(18)27)25(15-12-21-11-10-19(2)29-17-21)30-26(20(3)28-4)22-8-6-5-7-9-22/h5-11,13-14,16-17,25-26,28,30H,3,12,15H2,1-2,4H3/t25-,26-/m1/s1. The normalized spacial score (nSPS) is 12.9. The van der Waals surface area contributed by atoms with Gasteiger partial charge in [0.25, 0.3) is 0 Å². The molecule has 3 aromatic rings. The molecule has 0 aliphatic heterocycles. The number of nitrogens with one attached hydrogen (secondary N) is 2. The van der Waals surface area contributed by atoms with Gasteiger partial charge in [-0.2, -0.15) is 0 Å². The fraction of sp³-hybridized carbons (Fsp3) is 0.269. The average molecular weight is 404 g/mol. The third-order valence-electron chi connectivity index (χ3n) is 5.45. The van der Waals surface area contributed by atoms with Gasteiger partial charge >= 0.3 is 0 Å². The molecule has 0 amide bonds. The lowest BCUT2D eigenvalue weighted by Crippen LogP contribution is -2.31. The number of aromatic nitrogens is 1. The van der Waals surface area contributed by atoms with Crippen molar-refractivity contribution in [2.45, 2.75) is 38.8 Å². The Morgan fingerprint density at radius 2 is 1.80 bits per heavy atom. The third kappa shape index (κ3) is 5.55. The first kappa shape index (κ1) is 21.7. The summed E-state index contributed by atoms with van der Waals surface area (Å²) in [6, 6.07) is 19.7. The summed E-state index contributed by atoms with van der Waals surface area (Å²) in [5.41, 5.74) is 5.95. The highest BCUT2D eigenvalue weighted by Crippen LogP contribution is 2.28. The van der Waals surface area contributed by atoms with Crippen LogP contribution >= 0.6 is 0 Å². The Balaban J connectivity index is 1.89. The minimum absolute atomic E-state index is 0.0286. The topological polar surface area (TPSA) is 37.0 Å². The highest BCUT2D eigenvalue weighted by atomic mass is 19.1. The van der Waals surface area contributed by atoms with Crippen molar-refractivity contribution in [2.75, 3.05) is 7.05 Å². The molecule has 0 unspecified atom stereocenters. The van der Waals surface area contributed by atoms with Crippen molar-refractivity contribution in [2.24, 2.45) is 0 Å². The van der Waals surface area contributed by atoms with Gasteiger partial charge < -0.3 is 5.32 Å². The van der Waals surface area contributed by atoms with Crippen LogP contribution in [0.5, 0.6) is 0 Å². The SMILES string of the molecule is C=C(NC)[C@@H](N[C@H](CCc1ccc(C)nc1)c1ccc(F)c(C)c1)c1ccccc1. The quantitative estimate of drug-likeness (QED) is 0.490. The monoisotopic (exact) mass is 403 g/mol. The van der Waals surface area contributed by atoms with Gasteiger partial charge in [0.15, 0.2) is 0 Å². The second-order valence-electron chi connectivity index (χ2n) is 7.69. The summed E-state index contributed by atoms with van der Waals surface area (Å²) in [7, 11) is 1.88. The van der Waals surface area contributed by atoms with Gasteiger partial charge in [0, 0.05) is 30.7 Å². The van der Waals surface area contributed by atoms with E-state index in [-0.39, 0.29) is 17.9 Å². The van der Waals surface area contributed by atoms with E-state index in [1.165, 1.54) is 5.56 Å². The van der Waals surface area contributed by atoms with Crippen LogP contribution in [0.15, 0.2) is 79.1 Å². The van der Waals surface area contributed by atoms with E-state index < -0.39 is 0 Å². The molecule has 156 valence electrons. The Kier molecular flexibility index (Phi) is 7.36. The number of likely N-dealkylation sites (N-methyl/N-ethyl adjacent to an activating group) is 1. The molecule has 0 bridgehead atoms. The molecule has 2 atom stereocenters. The molecule has 2 N–H and O–H groups in total. The lowest BCUT2D eigenvalue weighted by molar-refractivity contribution is 0.445. The van der Waals surface area contributed by atoms with Crippen molar-refractivity contribution in [3.63, 3.8) is 0 Å². The third-order valence-corrected chi connectivity index (χ3v) is 5.45. The predicted octanol–water partition coefficient (Wildman–Crippen LogP) is 5.58. The maximum absolute atomic E-state index is 13.9. The Labute approximate surface area is 179 Å². The summed E-state index contributed by atoms with van der Waals surface area (Å²) < 4.78 is 13.9. The fourth-order valence-electron chi connectivity index (χ4n) is 3.58. The van der Waals surface area contributed by atoms with E-state index in [9.17, 15) is 4.39 Å². The van der Waals surface area contributed by atoms with Crippen LogP contribution in [-0.2, 0) is 6.42 Å². The second kappa shape index (κ2) is 10.2. The number of nitrogens with zero attached hydrogens (tertiary/aromatic N) is 1. The zero-order valence-corrected chi connectivity index (χ0v) is 18.0. The molecule has 3 rings (SSSR count). The van der Waals surface area contributed by atoms with Gasteiger partial charge in [0.2, 0.25) is 0 Å². The van der Waals surface area contributed by atoms with Gasteiger partial charge in [0.1, 0.15) is 5.82 Å². The van der Waals surface area contributed by atoms with E-state index in [0.29, 0.717) is 5.56 Å². The summed E-state index contributed by atoms with van der Waals surface area (Å²) in [4.78, 5) is 4.41. The van der Waals surface area contributed by atoms with Gasteiger partial charge in [-0.25, -0.2) is 4.39 Å². The van der Waals surface area contributed by atoms with Gasteiger partial charge in [-0.05, 0) is 61.1 Å². The summed E-state index contributed by atoms with van der Waals surface area (Å²) in [5, 5.41) is 6.95. The molecule has 0 fully saturated rings. The highest BCUT2D eigenvalue weighted by Gasteiger charge is 2.21. The molecule has 0 spiro atoms. The van der Waals surface area contributed by atoms with Crippen LogP contribution in [0.4, 0.5) is 4.39 Å². The van der Waals surface area contributed by atoms with Crippen molar-refractivity contribution in [3.05, 3.63) is 113 Å². The van der Waals surface area contributed by atoms with Crippen molar-refractivity contribution in [3.8, 4) is 0 Å². The van der Waals surface area contributed by atoms with Gasteiger partial charge in [-0.3, -0.25) is 10.3 Å². The summed E-state index contributed by atoms with van der Waals surface area (Å²) in [6.45, 7) is 8.01. The number of hydrogen-bond donors (Lipinski definition) is 2. The average Bonchev–Trinajstić information content (AvgIpc) is 2.77. The molecular formula is C26H30FN3. The van der Waals surface area contributed by atoms with Crippen molar-refractivity contribution in [1.82, 2.24) is 15.6 Å². The molecule has 0 radical (unpaired) electrons.